The first-order valence-electron chi connectivity index (χ1n) is 7.23. The molecule has 2 bridgehead atoms. The van der Waals surface area contributed by atoms with Crippen LogP contribution < -0.4 is 14.8 Å². The molecule has 4 heteroatoms. The standard InChI is InChI=1S/C15H20N2O2/c1-2-14-15(19-10-18-14)7-11(1)8-16-13-9-17-5-3-12(13)4-6-17/h1-2,7,12-13,16H,3-6,8-10H2. The Balaban J connectivity index is 1.39. The van der Waals surface area contributed by atoms with E-state index in [-0.39, 0.29) is 0 Å². The van der Waals surface area contributed by atoms with Gasteiger partial charge in [-0.05, 0) is 49.5 Å². The van der Waals surface area contributed by atoms with E-state index in [1.54, 1.807) is 0 Å². The first kappa shape index (κ1) is 11.6. The Morgan fingerprint density at radius 2 is 2.00 bits per heavy atom. The first-order chi connectivity index (χ1) is 9.38. The van der Waals surface area contributed by atoms with Crippen molar-refractivity contribution in [2.75, 3.05) is 26.4 Å². The summed E-state index contributed by atoms with van der Waals surface area (Å²) in [5.41, 5.74) is 1.28. The predicted molar refractivity (Wildman–Crippen MR) is 72.4 cm³/mol. The predicted octanol–water partition coefficient (Wildman–Crippen LogP) is 1.60. The van der Waals surface area contributed by atoms with Crippen LogP contribution in [0.3, 0.4) is 0 Å². The smallest absolute Gasteiger partial charge is 0.231 e. The van der Waals surface area contributed by atoms with Gasteiger partial charge in [0.15, 0.2) is 11.5 Å². The highest BCUT2D eigenvalue weighted by Crippen LogP contribution is 2.33. The third kappa shape index (κ3) is 2.19. The van der Waals surface area contributed by atoms with Gasteiger partial charge in [0, 0.05) is 19.1 Å². The molecule has 1 unspecified atom stereocenters. The maximum atomic E-state index is 5.42. The van der Waals surface area contributed by atoms with Crippen molar-refractivity contribution in [1.29, 1.82) is 0 Å². The van der Waals surface area contributed by atoms with Gasteiger partial charge >= 0.3 is 0 Å². The van der Waals surface area contributed by atoms with Crippen molar-refractivity contribution in [2.24, 2.45) is 5.92 Å². The lowest BCUT2D eigenvalue weighted by atomic mass is 9.84. The van der Waals surface area contributed by atoms with Crippen molar-refractivity contribution in [3.63, 3.8) is 0 Å². The molecule has 102 valence electrons. The fourth-order valence-electron chi connectivity index (χ4n) is 3.50. The van der Waals surface area contributed by atoms with Crippen LogP contribution in [0.4, 0.5) is 0 Å². The molecule has 3 fully saturated rings. The lowest BCUT2D eigenvalue weighted by Crippen LogP contribution is -2.55. The number of hydrogen-bond donors (Lipinski definition) is 1. The molecule has 4 aliphatic heterocycles. The van der Waals surface area contributed by atoms with Crippen LogP contribution in [0.2, 0.25) is 0 Å². The molecular formula is C15H20N2O2. The quantitative estimate of drug-likeness (QED) is 0.895. The van der Waals surface area contributed by atoms with Gasteiger partial charge in [0.2, 0.25) is 6.79 Å². The van der Waals surface area contributed by atoms with Gasteiger partial charge in [-0.25, -0.2) is 0 Å². The zero-order chi connectivity index (χ0) is 12.7. The summed E-state index contributed by atoms with van der Waals surface area (Å²) in [6.45, 7) is 5.09. The topological polar surface area (TPSA) is 33.7 Å². The second-order valence-electron chi connectivity index (χ2n) is 5.81. The lowest BCUT2D eigenvalue weighted by molar-refractivity contribution is 0.0720. The highest BCUT2D eigenvalue weighted by atomic mass is 16.7. The van der Waals surface area contributed by atoms with Crippen molar-refractivity contribution in [3.05, 3.63) is 23.8 Å². The SMILES string of the molecule is c1cc2c(cc1CNC1CN3CCC1CC3)OCO2. The Kier molecular flexibility index (Phi) is 2.85. The molecule has 1 aromatic carbocycles. The fraction of sp³-hybridized carbons (Fsp3) is 0.600. The van der Waals surface area contributed by atoms with Gasteiger partial charge in [-0.15, -0.1) is 0 Å². The molecule has 1 N–H and O–H groups in total. The number of fused-ring (bicyclic) bond motifs is 4. The molecule has 19 heavy (non-hydrogen) atoms. The molecule has 0 saturated carbocycles. The second kappa shape index (κ2) is 4.69. The molecule has 0 spiro atoms. The molecule has 1 atom stereocenters. The molecule has 0 aromatic heterocycles. The number of nitrogens with zero attached hydrogens (tertiary/aromatic N) is 1. The number of benzene rings is 1. The van der Waals surface area contributed by atoms with E-state index < -0.39 is 0 Å². The second-order valence-corrected chi connectivity index (χ2v) is 5.81. The Labute approximate surface area is 113 Å². The number of hydrogen-bond acceptors (Lipinski definition) is 4. The summed E-state index contributed by atoms with van der Waals surface area (Å²) in [6.07, 6.45) is 2.72. The highest BCUT2D eigenvalue weighted by molar-refractivity contribution is 5.44. The summed E-state index contributed by atoms with van der Waals surface area (Å²) >= 11 is 0. The molecular weight excluding hydrogens is 240 g/mol. The molecule has 4 nitrogen and oxygen atoms in total. The zero-order valence-electron chi connectivity index (χ0n) is 11.1. The number of piperidine rings is 3. The fourth-order valence-corrected chi connectivity index (χ4v) is 3.50. The summed E-state index contributed by atoms with van der Waals surface area (Å²) < 4.78 is 10.8. The average Bonchev–Trinajstić information content (AvgIpc) is 2.94. The summed E-state index contributed by atoms with van der Waals surface area (Å²) in [6, 6.07) is 6.89. The van der Waals surface area contributed by atoms with E-state index in [9.17, 15) is 0 Å². The Morgan fingerprint density at radius 1 is 1.16 bits per heavy atom. The number of ether oxygens (including phenoxy) is 2. The van der Waals surface area contributed by atoms with Crippen LogP contribution in [-0.2, 0) is 6.54 Å². The summed E-state index contributed by atoms with van der Waals surface area (Å²) in [5, 5.41) is 3.72. The van der Waals surface area contributed by atoms with E-state index in [0.717, 1.165) is 24.0 Å². The van der Waals surface area contributed by atoms with Gasteiger partial charge < -0.3 is 19.7 Å². The summed E-state index contributed by atoms with van der Waals surface area (Å²) in [7, 11) is 0. The largest absolute Gasteiger partial charge is 0.454 e. The number of nitrogens with one attached hydrogen (secondary N) is 1. The number of rotatable bonds is 3. The molecule has 4 aliphatic rings. The van der Waals surface area contributed by atoms with Crippen LogP contribution in [0, 0.1) is 5.92 Å². The van der Waals surface area contributed by atoms with Crippen LogP contribution in [-0.4, -0.2) is 37.4 Å². The van der Waals surface area contributed by atoms with Gasteiger partial charge in [0.1, 0.15) is 0 Å². The van der Waals surface area contributed by atoms with E-state index in [0.29, 0.717) is 12.8 Å². The van der Waals surface area contributed by atoms with Crippen LogP contribution in [0.5, 0.6) is 11.5 Å². The third-order valence-electron chi connectivity index (χ3n) is 4.66. The van der Waals surface area contributed by atoms with Gasteiger partial charge in [0.25, 0.3) is 0 Å². The molecule has 1 aromatic rings. The summed E-state index contributed by atoms with van der Waals surface area (Å²) in [5.74, 6) is 2.62. The molecule has 3 saturated heterocycles. The van der Waals surface area contributed by atoms with E-state index in [1.807, 2.05) is 6.07 Å². The third-order valence-corrected chi connectivity index (χ3v) is 4.66. The molecule has 0 amide bonds. The van der Waals surface area contributed by atoms with E-state index in [1.165, 1.54) is 38.0 Å². The lowest BCUT2D eigenvalue weighted by Gasteiger charge is -2.45. The van der Waals surface area contributed by atoms with Crippen LogP contribution in [0.25, 0.3) is 0 Å². The van der Waals surface area contributed by atoms with Gasteiger partial charge in [-0.1, -0.05) is 6.07 Å². The van der Waals surface area contributed by atoms with Crippen molar-refractivity contribution in [2.45, 2.75) is 25.4 Å². The van der Waals surface area contributed by atoms with Crippen molar-refractivity contribution in [1.82, 2.24) is 10.2 Å². The Morgan fingerprint density at radius 3 is 2.79 bits per heavy atom. The van der Waals surface area contributed by atoms with E-state index in [4.69, 9.17) is 9.47 Å². The molecule has 0 aliphatic carbocycles. The maximum Gasteiger partial charge on any atom is 0.231 e. The average molecular weight is 260 g/mol. The maximum absolute atomic E-state index is 5.42. The molecule has 0 radical (unpaired) electrons. The van der Waals surface area contributed by atoms with Crippen LogP contribution >= 0.6 is 0 Å². The van der Waals surface area contributed by atoms with Gasteiger partial charge in [-0.2, -0.15) is 0 Å². The molecule has 5 rings (SSSR count). The zero-order valence-corrected chi connectivity index (χ0v) is 11.1. The van der Waals surface area contributed by atoms with Crippen molar-refractivity contribution >= 4 is 0 Å². The van der Waals surface area contributed by atoms with Gasteiger partial charge in [0.05, 0.1) is 0 Å². The van der Waals surface area contributed by atoms with Crippen molar-refractivity contribution < 1.29 is 9.47 Å². The van der Waals surface area contributed by atoms with E-state index >= 15 is 0 Å². The van der Waals surface area contributed by atoms with Crippen molar-refractivity contribution in [3.8, 4) is 11.5 Å². The van der Waals surface area contributed by atoms with Crippen LogP contribution in [0.1, 0.15) is 18.4 Å². The highest BCUT2D eigenvalue weighted by Gasteiger charge is 2.33. The molecule has 4 heterocycles. The minimum atomic E-state index is 0.353. The van der Waals surface area contributed by atoms with Gasteiger partial charge in [-0.3, -0.25) is 0 Å². The normalized spacial score (nSPS) is 31.7. The van der Waals surface area contributed by atoms with Crippen LogP contribution in [0.15, 0.2) is 18.2 Å². The monoisotopic (exact) mass is 260 g/mol. The Hall–Kier alpha value is -1.26. The van der Waals surface area contributed by atoms with E-state index in [2.05, 4.69) is 22.3 Å². The first-order valence-corrected chi connectivity index (χ1v) is 7.23. The minimum Gasteiger partial charge on any atom is -0.454 e. The minimum absolute atomic E-state index is 0.353. The Bertz CT molecular complexity index is 469. The summed E-state index contributed by atoms with van der Waals surface area (Å²) in [4.78, 5) is 2.58.